The summed E-state index contributed by atoms with van der Waals surface area (Å²) in [4.78, 5) is 40.1. The van der Waals surface area contributed by atoms with Crippen LogP contribution in [0.2, 0.25) is 0 Å². The SMILES string of the molecule is CC1O[C@H](OC2O[C@H]3C[C@H](NC(=O)OCc4ccccc4)[C@@H](O[C@H]4C[C@H](O)[C@H](NC(=O)OCc5ccccc5)CC4N)OC3C3OC(=O)N(C)C23)C(O)[C@@H](O)[C@@H]1N. The topological polar surface area (TPSA) is 265 Å². The van der Waals surface area contributed by atoms with Gasteiger partial charge in [0.1, 0.15) is 37.6 Å². The van der Waals surface area contributed by atoms with Crippen molar-refractivity contribution in [3.05, 3.63) is 71.8 Å². The van der Waals surface area contributed by atoms with Gasteiger partial charge in [0.2, 0.25) is 0 Å². The van der Waals surface area contributed by atoms with Gasteiger partial charge in [-0.1, -0.05) is 60.7 Å². The number of carbonyl (C=O) groups is 3. The van der Waals surface area contributed by atoms with E-state index in [0.29, 0.717) is 0 Å². The number of ether oxygens (including phenoxy) is 8. The zero-order chi connectivity index (χ0) is 40.4. The minimum atomic E-state index is -1.53. The maximum atomic E-state index is 13.2. The number of carbonyl (C=O) groups excluding carboxylic acids is 3. The molecule has 9 N–H and O–H groups in total. The van der Waals surface area contributed by atoms with Crippen LogP contribution in [0.15, 0.2) is 60.7 Å². The summed E-state index contributed by atoms with van der Waals surface area (Å²) in [6.07, 6.45) is -14.1. The number of nitrogens with two attached hydrogens (primary N) is 2. The van der Waals surface area contributed by atoms with Gasteiger partial charge in [-0.2, -0.15) is 0 Å². The van der Waals surface area contributed by atoms with Crippen LogP contribution in [0.4, 0.5) is 14.4 Å². The van der Waals surface area contributed by atoms with Crippen LogP contribution in [-0.2, 0) is 51.1 Å². The average molecular weight is 802 g/mol. The Balaban J connectivity index is 1.05. The lowest BCUT2D eigenvalue weighted by Gasteiger charge is -2.50. The minimum absolute atomic E-state index is 0.00222. The van der Waals surface area contributed by atoms with Gasteiger partial charge in [0.05, 0.1) is 42.5 Å². The fourth-order valence-electron chi connectivity index (χ4n) is 7.87. The Morgan fingerprint density at radius 2 is 1.39 bits per heavy atom. The lowest BCUT2D eigenvalue weighted by atomic mass is 9.86. The van der Waals surface area contributed by atoms with Crippen LogP contribution in [-0.4, -0.2) is 143 Å². The molecule has 57 heavy (non-hydrogen) atoms. The third-order valence-corrected chi connectivity index (χ3v) is 11.2. The van der Waals surface area contributed by atoms with E-state index in [-0.39, 0.29) is 32.5 Å². The fraction of sp³-hybridized carbons (Fsp3) is 0.605. The molecule has 19 heteroatoms. The molecule has 4 saturated heterocycles. The Morgan fingerprint density at radius 1 is 0.772 bits per heavy atom. The first kappa shape index (κ1) is 41.0. The van der Waals surface area contributed by atoms with Crippen LogP contribution < -0.4 is 22.1 Å². The number of fused-ring (bicyclic) bond motifs is 3. The molecular formula is C38H51N5O14. The second-order valence-electron chi connectivity index (χ2n) is 15.1. The largest absolute Gasteiger partial charge is 0.445 e. The molecule has 16 atom stereocenters. The number of alkyl carbamates (subject to hydrolysis) is 2. The molecule has 0 spiro atoms. The minimum Gasteiger partial charge on any atom is -0.445 e. The number of nitrogens with one attached hydrogen (secondary N) is 2. The van der Waals surface area contributed by atoms with Gasteiger partial charge in [0.25, 0.3) is 0 Å². The second kappa shape index (κ2) is 17.8. The third kappa shape index (κ3) is 9.28. The van der Waals surface area contributed by atoms with Gasteiger partial charge in [-0.3, -0.25) is 4.90 Å². The number of benzene rings is 2. The van der Waals surface area contributed by atoms with E-state index >= 15 is 0 Å². The molecule has 0 radical (unpaired) electrons. The van der Waals surface area contributed by atoms with E-state index in [1.54, 1.807) is 19.1 Å². The second-order valence-corrected chi connectivity index (χ2v) is 15.1. The standard InChI is InChI=1S/C38H51N5O14/c1-18-27(40)29(45)30(46)35(52-18)57-34-28-32(56-38(49)43(28)2)31-26(54-34)14-23(42-37(48)51-17-20-11-7-4-8-12-20)33(55-31)53-25-15-24(44)22(13-21(25)39)41-36(47)50-16-19-9-5-3-6-10-19/h3-12,18,21-35,44-46H,13-17,39-40H2,1-2H3,(H,41,47)(H,42,48)/t18?,21?,22-,23+,24+,25+,26+,27-,28?,29+,30?,31?,32?,33+,34?,35-/m1/s1. The Morgan fingerprint density at radius 3 is 2.02 bits per heavy atom. The van der Waals surface area contributed by atoms with Crippen molar-refractivity contribution in [2.24, 2.45) is 11.5 Å². The van der Waals surface area contributed by atoms with E-state index in [0.717, 1.165) is 11.1 Å². The van der Waals surface area contributed by atoms with E-state index in [9.17, 15) is 29.7 Å². The van der Waals surface area contributed by atoms with Crippen LogP contribution >= 0.6 is 0 Å². The number of likely N-dealkylation sites (N-methyl/N-ethyl adjacent to an activating group) is 1. The van der Waals surface area contributed by atoms with Crippen LogP contribution in [0.25, 0.3) is 0 Å². The number of nitrogens with zero attached hydrogens (tertiary/aromatic N) is 1. The molecule has 0 bridgehead atoms. The summed E-state index contributed by atoms with van der Waals surface area (Å²) in [7, 11) is 1.49. The molecule has 0 aromatic heterocycles. The summed E-state index contributed by atoms with van der Waals surface area (Å²) >= 11 is 0. The first-order valence-corrected chi connectivity index (χ1v) is 19.1. The van der Waals surface area contributed by atoms with Crippen molar-refractivity contribution in [3.8, 4) is 0 Å². The predicted octanol–water partition coefficient (Wildman–Crippen LogP) is -0.0868. The molecule has 4 heterocycles. The van der Waals surface area contributed by atoms with Crippen LogP contribution in [0.3, 0.4) is 0 Å². The van der Waals surface area contributed by atoms with E-state index in [1.807, 2.05) is 48.5 Å². The van der Waals surface area contributed by atoms with Crippen molar-refractivity contribution in [1.29, 1.82) is 0 Å². The maximum Gasteiger partial charge on any atom is 0.410 e. The van der Waals surface area contributed by atoms with Crippen molar-refractivity contribution in [2.45, 2.75) is 137 Å². The van der Waals surface area contributed by atoms with Crippen molar-refractivity contribution < 1.29 is 67.6 Å². The summed E-state index contributed by atoms with van der Waals surface area (Å²) in [5.74, 6) is 0. The molecule has 7 rings (SSSR count). The number of aliphatic hydroxyl groups is 3. The smallest absolute Gasteiger partial charge is 0.410 e. The molecule has 4 aliphatic heterocycles. The average Bonchev–Trinajstić information content (AvgIpc) is 3.51. The van der Waals surface area contributed by atoms with Crippen molar-refractivity contribution in [3.63, 3.8) is 0 Å². The number of aliphatic hydroxyl groups excluding tert-OH is 3. The Hall–Kier alpha value is -4.15. The lowest BCUT2D eigenvalue weighted by molar-refractivity contribution is -0.369. The zero-order valence-electron chi connectivity index (χ0n) is 31.5. The highest BCUT2D eigenvalue weighted by Crippen LogP contribution is 2.41. The van der Waals surface area contributed by atoms with Crippen molar-refractivity contribution >= 4 is 18.3 Å². The van der Waals surface area contributed by atoms with Crippen LogP contribution in [0.1, 0.15) is 37.3 Å². The Kier molecular flexibility index (Phi) is 12.8. The Labute approximate surface area is 328 Å². The van der Waals surface area contributed by atoms with E-state index in [1.165, 1.54) is 11.9 Å². The molecular weight excluding hydrogens is 750 g/mol. The van der Waals surface area contributed by atoms with Crippen LogP contribution in [0.5, 0.6) is 0 Å². The van der Waals surface area contributed by atoms with Gasteiger partial charge >= 0.3 is 18.3 Å². The number of amides is 3. The summed E-state index contributed by atoms with van der Waals surface area (Å²) < 4.78 is 47.8. The highest BCUT2D eigenvalue weighted by Gasteiger charge is 2.60. The van der Waals surface area contributed by atoms with Gasteiger partial charge in [-0.05, 0) is 24.5 Å². The highest BCUT2D eigenvalue weighted by atomic mass is 16.8. The monoisotopic (exact) mass is 801 g/mol. The normalized spacial score (nSPS) is 38.9. The first-order valence-electron chi connectivity index (χ1n) is 19.1. The maximum absolute atomic E-state index is 13.2. The lowest BCUT2D eigenvalue weighted by Crippen LogP contribution is -2.68. The number of hydrogen-bond donors (Lipinski definition) is 7. The summed E-state index contributed by atoms with van der Waals surface area (Å²) in [6.45, 7) is 1.66. The zero-order valence-corrected chi connectivity index (χ0v) is 31.5. The molecule has 312 valence electrons. The number of rotatable bonds is 10. The van der Waals surface area contributed by atoms with E-state index in [2.05, 4.69) is 10.6 Å². The first-order chi connectivity index (χ1) is 27.4. The van der Waals surface area contributed by atoms with Crippen molar-refractivity contribution in [2.75, 3.05) is 7.05 Å². The summed E-state index contributed by atoms with van der Waals surface area (Å²) in [5, 5.41) is 37.9. The molecule has 5 fully saturated rings. The predicted molar refractivity (Wildman–Crippen MR) is 194 cm³/mol. The molecule has 3 amide bonds. The summed E-state index contributed by atoms with van der Waals surface area (Å²) in [6, 6.07) is 14.1. The Bertz CT molecular complexity index is 1680. The molecule has 1 aliphatic carbocycles. The molecule has 2 aromatic rings. The van der Waals surface area contributed by atoms with Gasteiger partial charge in [0.15, 0.2) is 25.0 Å². The summed E-state index contributed by atoms with van der Waals surface area (Å²) in [5.41, 5.74) is 14.1. The van der Waals surface area contributed by atoms with Gasteiger partial charge in [-0.15, -0.1) is 0 Å². The van der Waals surface area contributed by atoms with Crippen molar-refractivity contribution in [1.82, 2.24) is 15.5 Å². The molecule has 1 saturated carbocycles. The van der Waals surface area contributed by atoms with Crippen LogP contribution in [0, 0.1) is 0 Å². The molecule has 19 nitrogen and oxygen atoms in total. The molecule has 5 aliphatic rings. The van der Waals surface area contributed by atoms with Gasteiger partial charge in [-0.25, -0.2) is 14.4 Å². The van der Waals surface area contributed by atoms with E-state index < -0.39 is 116 Å². The highest BCUT2D eigenvalue weighted by molar-refractivity contribution is 5.71. The molecule has 2 aromatic carbocycles. The van der Waals surface area contributed by atoms with Gasteiger partial charge < -0.3 is 75.3 Å². The fourth-order valence-corrected chi connectivity index (χ4v) is 7.87. The third-order valence-electron chi connectivity index (χ3n) is 11.2. The van der Waals surface area contributed by atoms with Gasteiger partial charge in [0, 0.05) is 25.9 Å². The quantitative estimate of drug-likeness (QED) is 0.155. The van der Waals surface area contributed by atoms with E-state index in [4.69, 9.17) is 49.4 Å². The molecule has 7 unspecified atom stereocenters. The number of hydrogen-bond acceptors (Lipinski definition) is 16.